The van der Waals surface area contributed by atoms with E-state index in [1.54, 1.807) is 10.9 Å². The number of nitrogens with two attached hydrogens (primary N) is 1. The van der Waals surface area contributed by atoms with Crippen LogP contribution < -0.4 is 5.73 Å². The van der Waals surface area contributed by atoms with Gasteiger partial charge < -0.3 is 0 Å². The van der Waals surface area contributed by atoms with Crippen LogP contribution in [0.2, 0.25) is 4.82 Å². The van der Waals surface area contributed by atoms with Crippen LogP contribution in [0.4, 0.5) is 5.82 Å². The second-order valence-corrected chi connectivity index (χ2v) is 5.41. The van der Waals surface area contributed by atoms with Gasteiger partial charge in [-0.1, -0.05) is 0 Å². The Morgan fingerprint density at radius 1 is 1.44 bits per heavy atom. The Morgan fingerprint density at radius 3 is 2.89 bits per heavy atom. The van der Waals surface area contributed by atoms with Crippen molar-refractivity contribution < 1.29 is 9.84 Å². The van der Waals surface area contributed by atoms with Crippen molar-refractivity contribution in [2.75, 3.05) is 5.73 Å². The number of hydrogen-bond acceptors (Lipinski definition) is 6. The summed E-state index contributed by atoms with van der Waals surface area (Å²) in [5.74, 6) is 0.318. The van der Waals surface area contributed by atoms with E-state index in [9.17, 15) is 5.11 Å². The van der Waals surface area contributed by atoms with Crippen LogP contribution in [0.5, 0.6) is 0 Å². The number of aromatic nitrogens is 4. The molecule has 0 amide bonds. The summed E-state index contributed by atoms with van der Waals surface area (Å²) in [5.41, 5.74) is 6.80. The zero-order chi connectivity index (χ0) is 12.9. The van der Waals surface area contributed by atoms with Crippen molar-refractivity contribution >= 4 is 33.0 Å². The molecule has 0 bridgehead atoms. The van der Waals surface area contributed by atoms with Crippen LogP contribution in [-0.4, -0.2) is 52.8 Å². The zero-order valence-corrected chi connectivity index (χ0v) is 11.3. The molecule has 0 unspecified atom stereocenters. The van der Waals surface area contributed by atoms with Gasteiger partial charge in [-0.3, -0.25) is 0 Å². The standard InChI is InChI=1S/C10H12N5O2Se/c1-4-7(18)6(16)10(17-4)15-3-14-5-8(11)12-2-13-9(5)15/h2-4,6-7,10,16H,1H3,(H2,11,12,13)/t4-,6-,7-,10-/m1/s1. The Hall–Kier alpha value is -1.21. The average molecular weight is 313 g/mol. The summed E-state index contributed by atoms with van der Waals surface area (Å²) >= 11 is 2.92. The van der Waals surface area contributed by atoms with E-state index in [4.69, 9.17) is 10.5 Å². The molecule has 4 atom stereocenters. The van der Waals surface area contributed by atoms with Crippen molar-refractivity contribution in [2.45, 2.75) is 30.2 Å². The van der Waals surface area contributed by atoms with Crippen molar-refractivity contribution in [3.8, 4) is 0 Å². The van der Waals surface area contributed by atoms with Crippen LogP contribution >= 0.6 is 0 Å². The third kappa shape index (κ3) is 1.61. The number of imidazole rings is 1. The molecule has 1 radical (unpaired) electrons. The first kappa shape index (κ1) is 11.9. The quantitative estimate of drug-likeness (QED) is 0.698. The fraction of sp³-hybridized carbons (Fsp3) is 0.500. The topological polar surface area (TPSA) is 99.1 Å². The summed E-state index contributed by atoms with van der Waals surface area (Å²) in [4.78, 5) is 12.1. The number of rotatable bonds is 1. The molecule has 0 saturated carbocycles. The monoisotopic (exact) mass is 314 g/mol. The van der Waals surface area contributed by atoms with Crippen LogP contribution in [-0.2, 0) is 4.74 Å². The van der Waals surface area contributed by atoms with Crippen LogP contribution in [0.1, 0.15) is 13.2 Å². The number of aliphatic hydroxyl groups excluding tert-OH is 1. The van der Waals surface area contributed by atoms with E-state index in [0.29, 0.717) is 17.0 Å². The molecule has 7 nitrogen and oxygen atoms in total. The summed E-state index contributed by atoms with van der Waals surface area (Å²) in [6.07, 6.45) is 1.71. The normalized spacial score (nSPS) is 32.2. The van der Waals surface area contributed by atoms with Gasteiger partial charge in [0.25, 0.3) is 0 Å². The average Bonchev–Trinajstić information content (AvgIpc) is 2.88. The SMILES string of the molecule is C[C@H]1O[C@@H](n2cnc3c(N)ncnc32)[C@H](O)[C@@H]1[Se]. The summed E-state index contributed by atoms with van der Waals surface area (Å²) in [6.45, 7) is 1.91. The number of fused-ring (bicyclic) bond motifs is 1. The second-order valence-electron chi connectivity index (χ2n) is 4.27. The third-order valence-electron chi connectivity index (χ3n) is 3.11. The first-order chi connectivity index (χ1) is 8.59. The first-order valence-electron chi connectivity index (χ1n) is 5.52. The summed E-state index contributed by atoms with van der Waals surface area (Å²) in [5, 5.41) is 10.1. The summed E-state index contributed by atoms with van der Waals surface area (Å²) < 4.78 is 7.41. The van der Waals surface area contributed by atoms with Gasteiger partial charge in [0.1, 0.15) is 0 Å². The van der Waals surface area contributed by atoms with Crippen molar-refractivity contribution in [2.24, 2.45) is 0 Å². The molecule has 8 heteroatoms. The van der Waals surface area contributed by atoms with Gasteiger partial charge in [0.2, 0.25) is 0 Å². The molecular formula is C10H12N5O2Se. The van der Waals surface area contributed by atoms with Crippen LogP contribution in [0.15, 0.2) is 12.7 Å². The van der Waals surface area contributed by atoms with E-state index in [1.807, 2.05) is 6.92 Å². The number of aliphatic hydroxyl groups is 1. The number of nitrogens with zero attached hydrogens (tertiary/aromatic N) is 4. The molecule has 1 aliphatic rings. The molecular weight excluding hydrogens is 301 g/mol. The third-order valence-corrected chi connectivity index (χ3v) is 4.50. The molecule has 0 aliphatic carbocycles. The Kier molecular flexibility index (Phi) is 2.74. The van der Waals surface area contributed by atoms with E-state index in [0.717, 1.165) is 0 Å². The molecule has 1 aliphatic heterocycles. The number of hydrogen-bond donors (Lipinski definition) is 2. The van der Waals surface area contributed by atoms with Gasteiger partial charge in [-0.05, 0) is 0 Å². The summed E-state index contributed by atoms with van der Waals surface area (Å²) in [7, 11) is 0. The molecule has 3 rings (SSSR count). The van der Waals surface area contributed by atoms with Crippen LogP contribution in [0, 0.1) is 0 Å². The molecule has 1 saturated heterocycles. The van der Waals surface area contributed by atoms with Gasteiger partial charge >= 0.3 is 111 Å². The van der Waals surface area contributed by atoms with Gasteiger partial charge in [-0.25, -0.2) is 0 Å². The first-order valence-corrected chi connectivity index (χ1v) is 6.51. The van der Waals surface area contributed by atoms with E-state index in [-0.39, 0.29) is 10.9 Å². The summed E-state index contributed by atoms with van der Waals surface area (Å²) in [6, 6.07) is 0. The number of ether oxygens (including phenoxy) is 1. The second kappa shape index (κ2) is 4.17. The molecule has 95 valence electrons. The van der Waals surface area contributed by atoms with Crippen molar-refractivity contribution in [3.05, 3.63) is 12.7 Å². The Morgan fingerprint density at radius 2 is 2.22 bits per heavy atom. The van der Waals surface area contributed by atoms with Gasteiger partial charge in [-0.15, -0.1) is 0 Å². The molecule has 0 aromatic carbocycles. The molecule has 3 N–H and O–H groups in total. The number of anilines is 1. The molecule has 3 heterocycles. The molecule has 2 aromatic heterocycles. The van der Waals surface area contributed by atoms with Crippen molar-refractivity contribution in [3.63, 3.8) is 0 Å². The minimum atomic E-state index is -0.645. The maximum absolute atomic E-state index is 10.1. The van der Waals surface area contributed by atoms with Crippen molar-refractivity contribution in [1.29, 1.82) is 0 Å². The predicted octanol–water partition coefficient (Wildman–Crippen LogP) is -0.356. The fourth-order valence-electron chi connectivity index (χ4n) is 2.10. The van der Waals surface area contributed by atoms with E-state index >= 15 is 0 Å². The molecule has 18 heavy (non-hydrogen) atoms. The van der Waals surface area contributed by atoms with Gasteiger partial charge in [-0.2, -0.15) is 0 Å². The Balaban J connectivity index is 2.08. The van der Waals surface area contributed by atoms with E-state index < -0.39 is 12.3 Å². The molecule has 1 fully saturated rings. The van der Waals surface area contributed by atoms with Gasteiger partial charge in [0.15, 0.2) is 0 Å². The van der Waals surface area contributed by atoms with Gasteiger partial charge in [0, 0.05) is 0 Å². The molecule has 0 spiro atoms. The fourth-order valence-corrected chi connectivity index (χ4v) is 2.52. The van der Waals surface area contributed by atoms with Crippen LogP contribution in [0.3, 0.4) is 0 Å². The Bertz CT molecular complexity index is 589. The Labute approximate surface area is 111 Å². The number of nitrogen functional groups attached to an aromatic ring is 1. The van der Waals surface area contributed by atoms with Crippen LogP contribution in [0.25, 0.3) is 11.2 Å². The zero-order valence-electron chi connectivity index (χ0n) is 9.59. The van der Waals surface area contributed by atoms with E-state index in [1.165, 1.54) is 6.33 Å². The van der Waals surface area contributed by atoms with Crippen molar-refractivity contribution in [1.82, 2.24) is 19.5 Å². The van der Waals surface area contributed by atoms with Gasteiger partial charge in [0.05, 0.1) is 0 Å². The minimum absolute atomic E-state index is 0.0633. The maximum atomic E-state index is 10.1. The molecule has 2 aromatic rings. The van der Waals surface area contributed by atoms with E-state index in [2.05, 4.69) is 31.0 Å². The predicted molar refractivity (Wildman–Crippen MR) is 64.8 cm³/mol.